The van der Waals surface area contributed by atoms with Gasteiger partial charge in [0.15, 0.2) is 0 Å². The molecule has 0 atom stereocenters. The molecule has 3 nitrogen and oxygen atoms in total. The molecule has 0 amide bonds. The van der Waals surface area contributed by atoms with Crippen molar-refractivity contribution in [1.29, 1.82) is 0 Å². The predicted octanol–water partition coefficient (Wildman–Crippen LogP) is 6.43. The van der Waals surface area contributed by atoms with E-state index in [-0.39, 0.29) is 0 Å². The molecular weight excluding hydrogens is 368 g/mol. The zero-order valence-corrected chi connectivity index (χ0v) is 16.8. The van der Waals surface area contributed by atoms with E-state index in [2.05, 4.69) is 102 Å². The third-order valence-electron chi connectivity index (χ3n) is 6.53. The maximum Gasteiger partial charge on any atom is 0.294 e. The van der Waals surface area contributed by atoms with Gasteiger partial charge in [-0.3, -0.25) is 0 Å². The van der Waals surface area contributed by atoms with E-state index in [0.717, 1.165) is 21.9 Å². The van der Waals surface area contributed by atoms with Gasteiger partial charge in [0, 0.05) is 26.9 Å². The highest BCUT2D eigenvalue weighted by molar-refractivity contribution is 6.20. The second-order valence-corrected chi connectivity index (χ2v) is 8.23. The maximum absolute atomic E-state index is 6.46. The van der Waals surface area contributed by atoms with Crippen molar-refractivity contribution in [3.63, 3.8) is 0 Å². The minimum Gasteiger partial charge on any atom is -0.455 e. The molecule has 0 unspecified atom stereocenters. The van der Waals surface area contributed by atoms with E-state index in [9.17, 15) is 0 Å². The summed E-state index contributed by atoms with van der Waals surface area (Å²) in [6, 6.07) is 23.9. The minimum absolute atomic E-state index is 0.938. The molecule has 0 fully saturated rings. The van der Waals surface area contributed by atoms with E-state index in [1.54, 1.807) is 0 Å². The van der Waals surface area contributed by atoms with Crippen molar-refractivity contribution < 1.29 is 8.98 Å². The summed E-state index contributed by atoms with van der Waals surface area (Å²) in [5.74, 6) is 0. The first-order valence-corrected chi connectivity index (χ1v) is 10.3. The molecule has 3 heterocycles. The van der Waals surface area contributed by atoms with Crippen LogP contribution in [0.5, 0.6) is 0 Å². The molecule has 0 aliphatic carbocycles. The number of rotatable bonds is 0. The Kier molecular flexibility index (Phi) is 2.88. The van der Waals surface area contributed by atoms with Gasteiger partial charge in [-0.15, -0.1) is 0 Å². The van der Waals surface area contributed by atoms with Gasteiger partial charge in [-0.2, -0.15) is 4.40 Å². The number of pyridine rings is 1. The number of hydrogen-bond acceptors (Lipinski definition) is 1. The molecule has 3 aromatic heterocycles. The smallest absolute Gasteiger partial charge is 0.294 e. The highest BCUT2D eigenvalue weighted by Crippen LogP contribution is 2.38. The topological polar surface area (TPSA) is 21.4 Å². The lowest BCUT2D eigenvalue weighted by Crippen LogP contribution is -2.26. The molecule has 30 heavy (non-hydrogen) atoms. The molecule has 0 bridgehead atoms. The normalized spacial score (nSPS) is 12.3. The third-order valence-corrected chi connectivity index (χ3v) is 6.53. The fourth-order valence-corrected chi connectivity index (χ4v) is 5.11. The average molecular weight is 387 g/mol. The molecule has 0 saturated carbocycles. The molecule has 0 N–H and O–H groups in total. The molecule has 3 heteroatoms. The molecule has 0 saturated heterocycles. The predicted molar refractivity (Wildman–Crippen MR) is 123 cm³/mol. The molecule has 7 aromatic rings. The first kappa shape index (κ1) is 16.0. The second-order valence-electron chi connectivity index (χ2n) is 8.23. The number of aryl methyl sites for hydroxylation is 2. The van der Waals surface area contributed by atoms with Gasteiger partial charge < -0.3 is 4.42 Å². The first-order chi connectivity index (χ1) is 14.7. The van der Waals surface area contributed by atoms with Crippen molar-refractivity contribution >= 4 is 60.0 Å². The minimum atomic E-state index is 0.938. The van der Waals surface area contributed by atoms with Crippen molar-refractivity contribution in [2.45, 2.75) is 6.92 Å². The van der Waals surface area contributed by atoms with Crippen LogP contribution in [0.25, 0.3) is 60.0 Å². The quantitative estimate of drug-likeness (QED) is 0.217. The van der Waals surface area contributed by atoms with E-state index < -0.39 is 0 Å². The lowest BCUT2D eigenvalue weighted by molar-refractivity contribution is -0.643. The van der Waals surface area contributed by atoms with Gasteiger partial charge >= 0.3 is 0 Å². The lowest BCUT2D eigenvalue weighted by Gasteiger charge is -2.07. The summed E-state index contributed by atoms with van der Waals surface area (Å²) >= 11 is 0. The first-order valence-electron chi connectivity index (χ1n) is 10.3. The van der Waals surface area contributed by atoms with Crippen molar-refractivity contribution in [2.75, 3.05) is 0 Å². The van der Waals surface area contributed by atoms with Crippen LogP contribution in [0.15, 0.2) is 83.5 Å². The zero-order valence-electron chi connectivity index (χ0n) is 16.8. The largest absolute Gasteiger partial charge is 0.455 e. The zero-order chi connectivity index (χ0) is 20.0. The van der Waals surface area contributed by atoms with Crippen LogP contribution in [0.1, 0.15) is 5.56 Å². The molecule has 4 aromatic carbocycles. The summed E-state index contributed by atoms with van der Waals surface area (Å²) in [5, 5.41) is 8.46. The van der Waals surface area contributed by atoms with Crippen LogP contribution < -0.4 is 4.57 Å². The van der Waals surface area contributed by atoms with E-state index in [1.165, 1.54) is 43.7 Å². The number of fused-ring (bicyclic) bond motifs is 11. The van der Waals surface area contributed by atoms with Crippen LogP contribution in [-0.4, -0.2) is 4.40 Å². The van der Waals surface area contributed by atoms with E-state index in [1.807, 2.05) is 0 Å². The molecule has 0 radical (unpaired) electrons. The van der Waals surface area contributed by atoms with Gasteiger partial charge in [0.25, 0.3) is 5.65 Å². The van der Waals surface area contributed by atoms with E-state index >= 15 is 0 Å². The number of nitrogens with zero attached hydrogens (tertiary/aromatic N) is 2. The second kappa shape index (κ2) is 5.39. The number of hydrogen-bond donors (Lipinski definition) is 0. The van der Waals surface area contributed by atoms with Crippen LogP contribution in [0, 0.1) is 6.92 Å². The van der Waals surface area contributed by atoms with E-state index in [0.29, 0.717) is 0 Å². The Morgan fingerprint density at radius 1 is 0.800 bits per heavy atom. The van der Waals surface area contributed by atoms with Crippen LogP contribution in [-0.2, 0) is 7.05 Å². The van der Waals surface area contributed by atoms with Crippen LogP contribution in [0.2, 0.25) is 0 Å². The van der Waals surface area contributed by atoms with Gasteiger partial charge in [0.2, 0.25) is 0 Å². The molecule has 0 spiro atoms. The SMILES string of the molecule is Cc1cccc2c3cc4oc5c6ccccc6ccc5c4cc3n3cc[n+](C)c3c12. The Hall–Kier alpha value is -3.85. The van der Waals surface area contributed by atoms with Gasteiger partial charge in [-0.05, 0) is 36.1 Å². The monoisotopic (exact) mass is 387 g/mol. The Bertz CT molecular complexity index is 1820. The molecule has 0 aliphatic rings. The van der Waals surface area contributed by atoms with Crippen molar-refractivity contribution in [3.8, 4) is 0 Å². The van der Waals surface area contributed by atoms with E-state index in [4.69, 9.17) is 4.42 Å². The van der Waals surface area contributed by atoms with Crippen molar-refractivity contribution in [1.82, 2.24) is 4.40 Å². The summed E-state index contributed by atoms with van der Waals surface area (Å²) in [6.45, 7) is 2.19. The Labute approximate surface area is 172 Å². The maximum atomic E-state index is 6.46. The fourth-order valence-electron chi connectivity index (χ4n) is 5.11. The van der Waals surface area contributed by atoms with Gasteiger partial charge in [-0.25, -0.2) is 4.57 Å². The van der Waals surface area contributed by atoms with Gasteiger partial charge in [-0.1, -0.05) is 48.5 Å². The summed E-state index contributed by atoms with van der Waals surface area (Å²) in [7, 11) is 2.12. The highest BCUT2D eigenvalue weighted by Gasteiger charge is 2.21. The summed E-state index contributed by atoms with van der Waals surface area (Å²) in [4.78, 5) is 0. The van der Waals surface area contributed by atoms with Gasteiger partial charge in [0.1, 0.15) is 29.1 Å². The average Bonchev–Trinajstić information content (AvgIpc) is 3.33. The lowest BCUT2D eigenvalue weighted by atomic mass is 10.0. The number of benzene rings is 4. The van der Waals surface area contributed by atoms with Crippen LogP contribution in [0.3, 0.4) is 0 Å². The number of aromatic nitrogens is 2. The summed E-state index contributed by atoms with van der Waals surface area (Å²) < 4.78 is 11.0. The fraction of sp³-hybridized carbons (Fsp3) is 0.0741. The Balaban J connectivity index is 1.77. The Morgan fingerprint density at radius 3 is 2.60 bits per heavy atom. The summed E-state index contributed by atoms with van der Waals surface area (Å²) in [5.41, 5.74) is 5.60. The number of furan rings is 1. The molecule has 0 aliphatic heterocycles. The van der Waals surface area contributed by atoms with Gasteiger partial charge in [0.05, 0.1) is 12.4 Å². The highest BCUT2D eigenvalue weighted by atomic mass is 16.3. The Morgan fingerprint density at radius 2 is 1.67 bits per heavy atom. The number of imidazole rings is 1. The third kappa shape index (κ3) is 1.87. The molecular formula is C27H19N2O+. The van der Waals surface area contributed by atoms with Crippen LogP contribution in [0.4, 0.5) is 0 Å². The molecule has 142 valence electrons. The summed E-state index contributed by atoms with van der Waals surface area (Å²) in [6.07, 6.45) is 4.29. The van der Waals surface area contributed by atoms with Crippen molar-refractivity contribution in [2.24, 2.45) is 7.05 Å². The molecule has 7 rings (SSSR count). The van der Waals surface area contributed by atoms with Crippen LogP contribution >= 0.6 is 0 Å². The van der Waals surface area contributed by atoms with Crippen molar-refractivity contribution in [3.05, 3.63) is 84.7 Å². The standard InChI is InChI=1S/C27H19N2O/c1-16-6-5-9-19-21-15-24-22(14-23(21)29-13-12-28(2)27(29)25(16)19)20-11-10-17-7-3-4-8-18(17)26(20)30-24/h3-15H,1-2H3/q+1.